The van der Waals surface area contributed by atoms with E-state index in [4.69, 9.17) is 5.73 Å². The van der Waals surface area contributed by atoms with Gasteiger partial charge in [0, 0.05) is 19.7 Å². The molecular formula is C16H16KN5O3. The summed E-state index contributed by atoms with van der Waals surface area (Å²) in [7, 11) is 0. The SMILES string of the molecule is CC(=O)Nc1c[nH]c2c(C(=O)[O-])ncnc12.NCc1ccccc1.[K+]. The number of H-pyrrole nitrogens is 1. The summed E-state index contributed by atoms with van der Waals surface area (Å²) < 4.78 is 0. The number of carbonyl (C=O) groups excluding carboxylic acids is 2. The Labute approximate surface area is 186 Å². The van der Waals surface area contributed by atoms with Crippen molar-refractivity contribution in [2.45, 2.75) is 13.5 Å². The van der Waals surface area contributed by atoms with Crippen molar-refractivity contribution in [3.05, 3.63) is 54.1 Å². The Balaban J connectivity index is 0.000000295. The maximum absolute atomic E-state index is 10.9. The summed E-state index contributed by atoms with van der Waals surface area (Å²) in [6, 6.07) is 9.99. The van der Waals surface area contributed by atoms with Crippen molar-refractivity contribution in [2.75, 3.05) is 5.32 Å². The van der Waals surface area contributed by atoms with E-state index in [2.05, 4.69) is 20.3 Å². The number of hydrogen-bond acceptors (Lipinski definition) is 6. The minimum atomic E-state index is -1.40. The molecule has 0 saturated carbocycles. The van der Waals surface area contributed by atoms with E-state index in [1.165, 1.54) is 18.7 Å². The van der Waals surface area contributed by atoms with E-state index in [-0.39, 0.29) is 68.5 Å². The maximum atomic E-state index is 10.9. The van der Waals surface area contributed by atoms with Crippen LogP contribution >= 0.6 is 0 Å². The van der Waals surface area contributed by atoms with Crippen LogP contribution in [0.15, 0.2) is 42.9 Å². The summed E-state index contributed by atoms with van der Waals surface area (Å²) in [5, 5.41) is 13.3. The van der Waals surface area contributed by atoms with Crippen molar-refractivity contribution in [1.82, 2.24) is 15.0 Å². The van der Waals surface area contributed by atoms with Crippen LogP contribution < -0.4 is 67.5 Å². The number of amides is 1. The molecule has 3 aromatic rings. The van der Waals surface area contributed by atoms with Gasteiger partial charge in [-0.2, -0.15) is 0 Å². The first kappa shape index (κ1) is 21.4. The quantitative estimate of drug-likeness (QED) is 0.436. The summed E-state index contributed by atoms with van der Waals surface area (Å²) >= 11 is 0. The van der Waals surface area contributed by atoms with Crippen LogP contribution in [0.3, 0.4) is 0 Å². The summed E-state index contributed by atoms with van der Waals surface area (Å²) in [6.07, 6.45) is 2.56. The molecule has 0 radical (unpaired) electrons. The number of rotatable bonds is 3. The molecule has 2 heterocycles. The van der Waals surface area contributed by atoms with E-state index < -0.39 is 5.97 Å². The van der Waals surface area contributed by atoms with Gasteiger partial charge >= 0.3 is 51.4 Å². The van der Waals surface area contributed by atoms with Crippen molar-refractivity contribution in [2.24, 2.45) is 5.73 Å². The van der Waals surface area contributed by atoms with Gasteiger partial charge in [-0.1, -0.05) is 30.3 Å². The Morgan fingerprint density at radius 2 is 1.92 bits per heavy atom. The van der Waals surface area contributed by atoms with Crippen LogP contribution in [0.2, 0.25) is 0 Å². The second-order valence-corrected chi connectivity index (χ2v) is 4.81. The summed E-state index contributed by atoms with van der Waals surface area (Å²) in [5.74, 6) is -1.67. The van der Waals surface area contributed by atoms with Crippen molar-refractivity contribution >= 4 is 28.6 Å². The standard InChI is InChI=1S/C9H8N4O3.C7H9N.K/c1-4(14)13-5-2-10-7-6(5)11-3-12-8(7)9(15)16;8-6-7-4-2-1-3-5-7;/h2-3,10H,1H3,(H,13,14)(H,15,16);1-5H,6,8H2;/q;;+1/p-1. The molecule has 0 aliphatic heterocycles. The molecule has 0 unspecified atom stereocenters. The molecule has 0 fully saturated rings. The number of nitrogens with two attached hydrogens (primary N) is 1. The van der Waals surface area contributed by atoms with E-state index >= 15 is 0 Å². The third-order valence-electron chi connectivity index (χ3n) is 3.05. The Kier molecular flexibility index (Phi) is 8.90. The third-order valence-corrected chi connectivity index (χ3v) is 3.05. The number of hydrogen-bond donors (Lipinski definition) is 3. The number of benzene rings is 1. The van der Waals surface area contributed by atoms with Crippen LogP contribution in [-0.4, -0.2) is 26.8 Å². The minimum absolute atomic E-state index is 0. The fourth-order valence-corrected chi connectivity index (χ4v) is 1.99. The number of carboxylic acid groups (broad SMARTS) is 1. The average molecular weight is 365 g/mol. The third kappa shape index (κ3) is 5.99. The van der Waals surface area contributed by atoms with Crippen LogP contribution in [0, 0.1) is 0 Å². The van der Waals surface area contributed by atoms with Gasteiger partial charge < -0.3 is 25.9 Å². The second-order valence-electron chi connectivity index (χ2n) is 4.81. The van der Waals surface area contributed by atoms with Crippen LogP contribution in [0.1, 0.15) is 23.0 Å². The normalized spacial score (nSPS) is 9.52. The molecule has 0 spiro atoms. The van der Waals surface area contributed by atoms with Crippen LogP contribution in [0.4, 0.5) is 5.69 Å². The number of carboxylic acids is 1. The number of nitrogens with one attached hydrogen (secondary N) is 2. The minimum Gasteiger partial charge on any atom is -0.543 e. The monoisotopic (exact) mass is 365 g/mol. The first-order chi connectivity index (χ1) is 11.5. The largest absolute Gasteiger partial charge is 1.00 e. The van der Waals surface area contributed by atoms with Crippen LogP contribution in [0.5, 0.6) is 0 Å². The van der Waals surface area contributed by atoms with Gasteiger partial charge in [-0.05, 0) is 5.56 Å². The molecular weight excluding hydrogens is 349 g/mol. The number of aromatic amines is 1. The Morgan fingerprint density at radius 3 is 2.44 bits per heavy atom. The van der Waals surface area contributed by atoms with Gasteiger partial charge in [-0.25, -0.2) is 9.97 Å². The second kappa shape index (κ2) is 10.4. The van der Waals surface area contributed by atoms with Gasteiger partial charge in [0.15, 0.2) is 0 Å². The van der Waals surface area contributed by atoms with E-state index in [1.807, 2.05) is 30.3 Å². The molecule has 2 aromatic heterocycles. The average Bonchev–Trinajstić information content (AvgIpc) is 2.98. The van der Waals surface area contributed by atoms with Crippen molar-refractivity contribution in [3.63, 3.8) is 0 Å². The molecule has 25 heavy (non-hydrogen) atoms. The van der Waals surface area contributed by atoms with E-state index in [9.17, 15) is 14.7 Å². The topological polar surface area (TPSA) is 137 Å². The van der Waals surface area contributed by atoms with Gasteiger partial charge in [-0.3, -0.25) is 4.79 Å². The summed E-state index contributed by atoms with van der Waals surface area (Å²) in [4.78, 5) is 31.8. The Morgan fingerprint density at radius 1 is 1.24 bits per heavy atom. The fraction of sp³-hybridized carbons (Fsp3) is 0.125. The number of nitrogens with zero attached hydrogens (tertiary/aromatic N) is 2. The van der Waals surface area contributed by atoms with E-state index in [1.54, 1.807) is 0 Å². The van der Waals surface area contributed by atoms with E-state index in [0.29, 0.717) is 17.7 Å². The molecule has 0 saturated heterocycles. The molecule has 124 valence electrons. The van der Waals surface area contributed by atoms with E-state index in [0.717, 1.165) is 6.33 Å². The molecule has 9 heteroatoms. The van der Waals surface area contributed by atoms with Crippen molar-refractivity contribution in [3.8, 4) is 0 Å². The Hall–Kier alpha value is -1.62. The predicted octanol–water partition coefficient (Wildman–Crippen LogP) is -2.57. The number of aromatic nitrogens is 3. The molecule has 8 nitrogen and oxygen atoms in total. The molecule has 4 N–H and O–H groups in total. The molecule has 0 bridgehead atoms. The smallest absolute Gasteiger partial charge is 0.543 e. The molecule has 0 atom stereocenters. The fourth-order valence-electron chi connectivity index (χ4n) is 1.99. The van der Waals surface area contributed by atoms with Crippen molar-refractivity contribution < 1.29 is 66.1 Å². The van der Waals surface area contributed by atoms with Gasteiger partial charge in [0.05, 0.1) is 17.2 Å². The maximum Gasteiger partial charge on any atom is 1.00 e. The van der Waals surface area contributed by atoms with Crippen LogP contribution in [0.25, 0.3) is 11.0 Å². The summed E-state index contributed by atoms with van der Waals surface area (Å²) in [6.45, 7) is 1.99. The van der Waals surface area contributed by atoms with Crippen molar-refractivity contribution in [1.29, 1.82) is 0 Å². The summed E-state index contributed by atoms with van der Waals surface area (Å²) in [5.41, 5.74) is 7.28. The van der Waals surface area contributed by atoms with Gasteiger partial charge in [0.1, 0.15) is 17.5 Å². The number of anilines is 1. The zero-order chi connectivity index (χ0) is 17.5. The van der Waals surface area contributed by atoms with Gasteiger partial charge in [-0.15, -0.1) is 0 Å². The predicted molar refractivity (Wildman–Crippen MR) is 86.9 cm³/mol. The zero-order valence-corrected chi connectivity index (χ0v) is 17.1. The first-order valence-electron chi connectivity index (χ1n) is 7.08. The molecule has 1 amide bonds. The van der Waals surface area contributed by atoms with Crippen LogP contribution in [-0.2, 0) is 11.3 Å². The molecule has 0 aliphatic rings. The first-order valence-corrected chi connectivity index (χ1v) is 7.08. The number of carbonyl (C=O) groups is 2. The molecule has 3 rings (SSSR count). The molecule has 1 aromatic carbocycles. The van der Waals surface area contributed by atoms with Gasteiger partial charge in [0.25, 0.3) is 0 Å². The zero-order valence-electron chi connectivity index (χ0n) is 13.9. The molecule has 0 aliphatic carbocycles. The number of fused-ring (bicyclic) bond motifs is 1. The Bertz CT molecular complexity index is 851. The number of aromatic carboxylic acids is 1. The van der Waals surface area contributed by atoms with Gasteiger partial charge in [0.2, 0.25) is 5.91 Å².